The molecule has 0 radical (unpaired) electrons. The molecule has 1 N–H and O–H groups in total. The van der Waals surface area contributed by atoms with E-state index in [2.05, 4.69) is 27.2 Å². The smallest absolute Gasteiger partial charge is 0.210 e. The number of H-pyrrole nitrogens is 1. The van der Waals surface area contributed by atoms with Crippen molar-refractivity contribution in [1.29, 1.82) is 0 Å². The number of hydrogen-bond acceptors (Lipinski definition) is 5. The summed E-state index contributed by atoms with van der Waals surface area (Å²) in [5.41, 5.74) is 3.92. The van der Waals surface area contributed by atoms with Gasteiger partial charge in [0, 0.05) is 5.75 Å². The molecule has 5 nitrogen and oxygen atoms in total. The van der Waals surface area contributed by atoms with Crippen LogP contribution >= 0.6 is 11.8 Å². The Hall–Kier alpha value is -2.60. The lowest BCUT2D eigenvalue weighted by Crippen LogP contribution is -2.17. The number of nitrogens with one attached hydrogen (secondary N) is 1. The van der Waals surface area contributed by atoms with Crippen LogP contribution < -0.4 is 5.01 Å². The SMILES string of the molecule is O=C1CN(c2ccc3nc[nH]c3c2)N=C1SCc1ccccc1. The Morgan fingerprint density at radius 3 is 2.91 bits per heavy atom. The van der Waals surface area contributed by atoms with Crippen LogP contribution in [-0.2, 0) is 10.5 Å². The third kappa shape index (κ3) is 2.85. The van der Waals surface area contributed by atoms with E-state index in [1.807, 2.05) is 36.4 Å². The van der Waals surface area contributed by atoms with Gasteiger partial charge in [0.15, 0.2) is 5.04 Å². The molecular weight excluding hydrogens is 308 g/mol. The second-order valence-corrected chi connectivity index (χ2v) is 6.23. The second kappa shape index (κ2) is 5.89. The molecule has 3 aromatic rings. The number of anilines is 1. The standard InChI is InChI=1S/C17H14N4OS/c22-16-9-21(13-6-7-14-15(8-13)19-11-18-14)20-17(16)23-10-12-4-2-1-3-5-12/h1-8,11H,9-10H2,(H,18,19). The van der Waals surface area contributed by atoms with Crippen LogP contribution in [-0.4, -0.2) is 27.3 Å². The highest BCUT2D eigenvalue weighted by molar-refractivity contribution is 8.15. The maximum Gasteiger partial charge on any atom is 0.210 e. The molecule has 0 saturated heterocycles. The number of fused-ring (bicyclic) bond motifs is 1. The highest BCUT2D eigenvalue weighted by atomic mass is 32.2. The highest BCUT2D eigenvalue weighted by Gasteiger charge is 2.25. The summed E-state index contributed by atoms with van der Waals surface area (Å²) in [7, 11) is 0. The molecule has 2 aromatic carbocycles. The second-order valence-electron chi connectivity index (χ2n) is 5.26. The van der Waals surface area contributed by atoms with E-state index in [1.54, 1.807) is 11.3 Å². The van der Waals surface area contributed by atoms with Gasteiger partial charge in [-0.3, -0.25) is 9.80 Å². The number of ketones is 1. The lowest BCUT2D eigenvalue weighted by molar-refractivity contribution is -0.111. The molecule has 0 aliphatic carbocycles. The van der Waals surface area contributed by atoms with Gasteiger partial charge < -0.3 is 4.98 Å². The van der Waals surface area contributed by atoms with E-state index in [9.17, 15) is 4.79 Å². The zero-order valence-electron chi connectivity index (χ0n) is 12.3. The van der Waals surface area contributed by atoms with Crippen LogP contribution in [0, 0.1) is 0 Å². The predicted octanol–water partition coefficient (Wildman–Crippen LogP) is 3.20. The lowest BCUT2D eigenvalue weighted by atomic mass is 10.2. The summed E-state index contributed by atoms with van der Waals surface area (Å²) in [6, 6.07) is 15.9. The number of Topliss-reactive ketones (excluding diaryl/α,β-unsaturated/α-hetero) is 1. The van der Waals surface area contributed by atoms with Crippen molar-refractivity contribution in [2.24, 2.45) is 5.10 Å². The van der Waals surface area contributed by atoms with E-state index in [4.69, 9.17) is 0 Å². The first kappa shape index (κ1) is 14.0. The van der Waals surface area contributed by atoms with Gasteiger partial charge in [0.1, 0.15) is 6.54 Å². The molecule has 0 unspecified atom stereocenters. The number of imidazole rings is 1. The summed E-state index contributed by atoms with van der Waals surface area (Å²) in [4.78, 5) is 19.5. The Morgan fingerprint density at radius 1 is 1.17 bits per heavy atom. The molecule has 0 amide bonds. The molecule has 0 fully saturated rings. The van der Waals surface area contributed by atoms with Crippen LogP contribution in [0.1, 0.15) is 5.56 Å². The average Bonchev–Trinajstić information content (AvgIpc) is 3.19. The summed E-state index contributed by atoms with van der Waals surface area (Å²) in [6.45, 7) is 0.288. The average molecular weight is 322 g/mol. The minimum Gasteiger partial charge on any atom is -0.345 e. The number of carbonyl (C=O) groups is 1. The number of rotatable bonds is 3. The summed E-state index contributed by atoms with van der Waals surface area (Å²) in [6.07, 6.45) is 1.66. The fourth-order valence-corrected chi connectivity index (χ4v) is 3.35. The topological polar surface area (TPSA) is 61.4 Å². The van der Waals surface area contributed by atoms with Crippen molar-refractivity contribution in [1.82, 2.24) is 9.97 Å². The predicted molar refractivity (Wildman–Crippen MR) is 93.6 cm³/mol. The van der Waals surface area contributed by atoms with Gasteiger partial charge in [-0.15, -0.1) is 0 Å². The van der Waals surface area contributed by atoms with Crippen molar-refractivity contribution in [2.75, 3.05) is 11.6 Å². The van der Waals surface area contributed by atoms with Gasteiger partial charge in [0.25, 0.3) is 0 Å². The van der Waals surface area contributed by atoms with Crippen LogP contribution in [0.3, 0.4) is 0 Å². The number of hydrogen-bond donors (Lipinski definition) is 1. The number of nitrogens with zero attached hydrogens (tertiary/aromatic N) is 3. The summed E-state index contributed by atoms with van der Waals surface area (Å²) >= 11 is 1.49. The monoisotopic (exact) mass is 322 g/mol. The number of aromatic nitrogens is 2. The fourth-order valence-electron chi connectivity index (χ4n) is 2.47. The van der Waals surface area contributed by atoms with E-state index in [-0.39, 0.29) is 12.3 Å². The van der Waals surface area contributed by atoms with Gasteiger partial charge in [-0.25, -0.2) is 4.98 Å². The molecule has 1 aromatic heterocycles. The first-order chi connectivity index (χ1) is 11.3. The Kier molecular flexibility index (Phi) is 3.59. The maximum absolute atomic E-state index is 12.2. The Balaban J connectivity index is 1.52. The molecule has 2 heterocycles. The largest absolute Gasteiger partial charge is 0.345 e. The fraction of sp³-hybridized carbons (Fsp3) is 0.118. The number of thioether (sulfide) groups is 1. The molecule has 114 valence electrons. The molecule has 0 saturated carbocycles. The lowest BCUT2D eigenvalue weighted by Gasteiger charge is -2.11. The maximum atomic E-state index is 12.2. The number of benzene rings is 2. The zero-order chi connectivity index (χ0) is 15.6. The van der Waals surface area contributed by atoms with Crippen LogP contribution in [0.2, 0.25) is 0 Å². The van der Waals surface area contributed by atoms with Gasteiger partial charge in [-0.05, 0) is 23.8 Å². The van der Waals surface area contributed by atoms with E-state index in [1.165, 1.54) is 17.3 Å². The molecule has 1 aliphatic heterocycles. The Labute approximate surface area is 137 Å². The zero-order valence-corrected chi connectivity index (χ0v) is 13.1. The van der Waals surface area contributed by atoms with Crippen LogP contribution in [0.15, 0.2) is 60.0 Å². The third-order valence-corrected chi connectivity index (χ3v) is 4.72. The van der Waals surface area contributed by atoms with Crippen molar-refractivity contribution in [2.45, 2.75) is 5.75 Å². The van der Waals surface area contributed by atoms with E-state index >= 15 is 0 Å². The Bertz CT molecular complexity index is 888. The summed E-state index contributed by atoms with van der Waals surface area (Å²) < 4.78 is 0. The van der Waals surface area contributed by atoms with E-state index < -0.39 is 0 Å². The number of aromatic amines is 1. The van der Waals surface area contributed by atoms with E-state index in [0.717, 1.165) is 22.5 Å². The molecule has 0 atom stereocenters. The summed E-state index contributed by atoms with van der Waals surface area (Å²) in [5.74, 6) is 0.814. The highest BCUT2D eigenvalue weighted by Crippen LogP contribution is 2.25. The van der Waals surface area contributed by atoms with Crippen molar-refractivity contribution in [3.05, 3.63) is 60.4 Å². The third-order valence-electron chi connectivity index (χ3n) is 3.66. The van der Waals surface area contributed by atoms with Gasteiger partial charge in [-0.2, -0.15) is 5.10 Å². The molecule has 23 heavy (non-hydrogen) atoms. The van der Waals surface area contributed by atoms with Gasteiger partial charge in [0.2, 0.25) is 5.78 Å². The van der Waals surface area contributed by atoms with Crippen molar-refractivity contribution in [3.8, 4) is 0 Å². The van der Waals surface area contributed by atoms with Crippen LogP contribution in [0.25, 0.3) is 11.0 Å². The Morgan fingerprint density at radius 2 is 2.04 bits per heavy atom. The first-order valence-corrected chi connectivity index (χ1v) is 8.27. The van der Waals surface area contributed by atoms with Crippen molar-refractivity contribution in [3.63, 3.8) is 0 Å². The summed E-state index contributed by atoms with van der Waals surface area (Å²) in [5, 5.41) is 6.79. The minimum absolute atomic E-state index is 0.0654. The number of hydrazone groups is 1. The molecule has 0 spiro atoms. The quantitative estimate of drug-likeness (QED) is 0.804. The first-order valence-electron chi connectivity index (χ1n) is 7.29. The molecule has 4 rings (SSSR count). The van der Waals surface area contributed by atoms with Crippen LogP contribution in [0.5, 0.6) is 0 Å². The molecular formula is C17H14N4OS. The molecule has 6 heteroatoms. The number of carbonyl (C=O) groups excluding carboxylic acids is 1. The van der Waals surface area contributed by atoms with Gasteiger partial charge in [0.05, 0.1) is 23.0 Å². The van der Waals surface area contributed by atoms with Gasteiger partial charge >= 0.3 is 0 Å². The van der Waals surface area contributed by atoms with Crippen molar-refractivity contribution >= 4 is 39.3 Å². The van der Waals surface area contributed by atoms with E-state index in [0.29, 0.717) is 5.04 Å². The normalized spacial score (nSPS) is 14.5. The van der Waals surface area contributed by atoms with Crippen molar-refractivity contribution < 1.29 is 4.79 Å². The molecule has 0 bridgehead atoms. The van der Waals surface area contributed by atoms with Crippen LogP contribution in [0.4, 0.5) is 5.69 Å². The van der Waals surface area contributed by atoms with Gasteiger partial charge in [-0.1, -0.05) is 42.1 Å². The molecule has 1 aliphatic rings. The minimum atomic E-state index is 0.0654.